The minimum absolute atomic E-state index is 0.0362. The maximum atomic E-state index is 11.7. The van der Waals surface area contributed by atoms with Crippen LogP contribution in [0.25, 0.3) is 0 Å². The fourth-order valence-corrected chi connectivity index (χ4v) is 3.03. The van der Waals surface area contributed by atoms with Gasteiger partial charge >= 0.3 is 0 Å². The maximum absolute atomic E-state index is 11.7. The molecule has 1 unspecified atom stereocenters. The Morgan fingerprint density at radius 1 is 1.57 bits per heavy atom. The highest BCUT2D eigenvalue weighted by atomic mass is 32.2. The summed E-state index contributed by atoms with van der Waals surface area (Å²) in [6, 6.07) is 0. The monoisotopic (exact) mass is 222 g/mol. The van der Waals surface area contributed by atoms with E-state index in [1.807, 2.05) is 6.92 Å². The number of nitrogens with two attached hydrogens (primary N) is 1. The summed E-state index contributed by atoms with van der Waals surface area (Å²) in [7, 11) is -3.20. The Morgan fingerprint density at radius 2 is 2.29 bits per heavy atom. The Labute approximate surface area is 85.3 Å². The quantitative estimate of drug-likeness (QED) is 0.650. The van der Waals surface area contributed by atoms with Crippen LogP contribution < -0.4 is 5.73 Å². The van der Waals surface area contributed by atoms with E-state index in [1.54, 1.807) is 0 Å². The Hall–Kier alpha value is -0.170. The van der Waals surface area contributed by atoms with Crippen LogP contribution in [0.4, 0.5) is 0 Å². The van der Waals surface area contributed by atoms with Crippen molar-refractivity contribution in [1.29, 1.82) is 0 Å². The van der Waals surface area contributed by atoms with Gasteiger partial charge in [0.25, 0.3) is 0 Å². The zero-order valence-corrected chi connectivity index (χ0v) is 9.29. The second-order valence-corrected chi connectivity index (χ2v) is 5.37. The summed E-state index contributed by atoms with van der Waals surface area (Å²) >= 11 is 0. The van der Waals surface area contributed by atoms with Gasteiger partial charge in [-0.2, -0.15) is 4.31 Å². The van der Waals surface area contributed by atoms with E-state index in [0.29, 0.717) is 13.2 Å². The van der Waals surface area contributed by atoms with Gasteiger partial charge in [-0.25, -0.2) is 8.42 Å². The van der Waals surface area contributed by atoms with Crippen LogP contribution in [0.3, 0.4) is 0 Å². The van der Waals surface area contributed by atoms with Crippen molar-refractivity contribution in [2.24, 2.45) is 5.73 Å². The van der Waals surface area contributed by atoms with Gasteiger partial charge < -0.3 is 10.5 Å². The molecule has 0 radical (unpaired) electrons. The van der Waals surface area contributed by atoms with Crippen LogP contribution in [0.1, 0.15) is 19.8 Å². The van der Waals surface area contributed by atoms with Gasteiger partial charge in [0.05, 0.1) is 18.5 Å². The van der Waals surface area contributed by atoms with Crippen LogP contribution in [-0.4, -0.2) is 44.4 Å². The normalized spacial score (nSPS) is 24.3. The zero-order chi connectivity index (χ0) is 10.6. The number of sulfonamides is 1. The molecule has 0 aliphatic carbocycles. The molecule has 1 atom stereocenters. The lowest BCUT2D eigenvalue weighted by atomic mass is 10.3. The molecule has 0 bridgehead atoms. The molecule has 1 rings (SSSR count). The Bertz CT molecular complexity index is 266. The number of ether oxygens (including phenoxy) is 1. The van der Waals surface area contributed by atoms with E-state index in [2.05, 4.69) is 0 Å². The van der Waals surface area contributed by atoms with E-state index in [4.69, 9.17) is 10.5 Å². The molecule has 1 aliphatic rings. The van der Waals surface area contributed by atoms with Crippen molar-refractivity contribution >= 4 is 10.0 Å². The van der Waals surface area contributed by atoms with Crippen molar-refractivity contribution in [2.75, 3.05) is 25.5 Å². The van der Waals surface area contributed by atoms with Gasteiger partial charge in [-0.15, -0.1) is 0 Å². The van der Waals surface area contributed by atoms with Crippen molar-refractivity contribution in [3.63, 3.8) is 0 Å². The average Bonchev–Trinajstić information content (AvgIpc) is 2.52. The van der Waals surface area contributed by atoms with E-state index in [9.17, 15) is 8.42 Å². The molecule has 1 aliphatic heterocycles. The van der Waals surface area contributed by atoms with Gasteiger partial charge in [-0.05, 0) is 19.8 Å². The topological polar surface area (TPSA) is 72.6 Å². The summed E-state index contributed by atoms with van der Waals surface area (Å²) in [6.07, 6.45) is 1.28. The molecular weight excluding hydrogens is 204 g/mol. The molecule has 0 aromatic rings. The van der Waals surface area contributed by atoms with Gasteiger partial charge in [-0.3, -0.25) is 0 Å². The van der Waals surface area contributed by atoms with E-state index < -0.39 is 10.0 Å². The van der Waals surface area contributed by atoms with Gasteiger partial charge in [-0.1, -0.05) is 0 Å². The third kappa shape index (κ3) is 2.91. The molecule has 2 N–H and O–H groups in total. The lowest BCUT2D eigenvalue weighted by molar-refractivity contribution is 0.162. The number of hydrogen-bond acceptors (Lipinski definition) is 4. The molecule has 0 aromatic carbocycles. The third-order valence-corrected chi connectivity index (χ3v) is 4.15. The standard InChI is InChI=1S/C8H18N2O3S/c1-2-13-6-7-14(11,12)10-5-3-4-8(10)9/h8H,2-7,9H2,1H3. The number of rotatable bonds is 5. The van der Waals surface area contributed by atoms with Crippen LogP contribution in [0.15, 0.2) is 0 Å². The van der Waals surface area contributed by atoms with Crippen molar-refractivity contribution in [1.82, 2.24) is 4.31 Å². The van der Waals surface area contributed by atoms with E-state index in [1.165, 1.54) is 4.31 Å². The highest BCUT2D eigenvalue weighted by Gasteiger charge is 2.31. The Kier molecular flexibility index (Phi) is 4.31. The summed E-state index contributed by atoms with van der Waals surface area (Å²) in [5.41, 5.74) is 5.68. The second-order valence-electron chi connectivity index (χ2n) is 3.33. The number of nitrogens with zero attached hydrogens (tertiary/aromatic N) is 1. The van der Waals surface area contributed by atoms with Crippen molar-refractivity contribution < 1.29 is 13.2 Å². The van der Waals surface area contributed by atoms with E-state index in [-0.39, 0.29) is 18.5 Å². The lowest BCUT2D eigenvalue weighted by Gasteiger charge is -2.20. The van der Waals surface area contributed by atoms with Crippen LogP contribution >= 0.6 is 0 Å². The predicted octanol–water partition coefficient (Wildman–Crippen LogP) is -0.267. The third-order valence-electron chi connectivity index (χ3n) is 2.30. The summed E-state index contributed by atoms with van der Waals surface area (Å²) in [4.78, 5) is 0. The van der Waals surface area contributed by atoms with Gasteiger partial charge in [0.1, 0.15) is 0 Å². The van der Waals surface area contributed by atoms with Gasteiger partial charge in [0, 0.05) is 13.2 Å². The molecular formula is C8H18N2O3S. The molecule has 14 heavy (non-hydrogen) atoms. The zero-order valence-electron chi connectivity index (χ0n) is 8.48. The van der Waals surface area contributed by atoms with Crippen LogP contribution in [0, 0.1) is 0 Å². The SMILES string of the molecule is CCOCCS(=O)(=O)N1CCCC1N. The molecule has 5 nitrogen and oxygen atoms in total. The molecule has 0 spiro atoms. The number of hydrogen-bond donors (Lipinski definition) is 1. The summed E-state index contributed by atoms with van der Waals surface area (Å²) in [6.45, 7) is 3.19. The second kappa shape index (κ2) is 5.06. The Morgan fingerprint density at radius 3 is 2.79 bits per heavy atom. The van der Waals surface area contributed by atoms with Gasteiger partial charge in [0.2, 0.25) is 10.0 Å². The highest BCUT2D eigenvalue weighted by Crippen LogP contribution is 2.17. The summed E-state index contributed by atoms with van der Waals surface area (Å²) in [5.74, 6) is 0.0362. The minimum Gasteiger partial charge on any atom is -0.381 e. The predicted molar refractivity (Wildman–Crippen MR) is 54.2 cm³/mol. The van der Waals surface area contributed by atoms with E-state index >= 15 is 0 Å². The lowest BCUT2D eigenvalue weighted by Crippen LogP contribution is -2.42. The molecule has 1 saturated heterocycles. The Balaban J connectivity index is 2.47. The molecule has 6 heteroatoms. The largest absolute Gasteiger partial charge is 0.381 e. The first-order valence-electron chi connectivity index (χ1n) is 4.91. The molecule has 0 aromatic heterocycles. The first-order chi connectivity index (χ1) is 6.58. The maximum Gasteiger partial charge on any atom is 0.217 e. The fraction of sp³-hybridized carbons (Fsp3) is 1.00. The van der Waals surface area contributed by atoms with Crippen LogP contribution in [0.2, 0.25) is 0 Å². The van der Waals surface area contributed by atoms with E-state index in [0.717, 1.165) is 12.8 Å². The smallest absolute Gasteiger partial charge is 0.217 e. The minimum atomic E-state index is -3.20. The van der Waals surface area contributed by atoms with Crippen molar-refractivity contribution in [3.05, 3.63) is 0 Å². The first kappa shape index (κ1) is 11.9. The van der Waals surface area contributed by atoms with Crippen molar-refractivity contribution in [2.45, 2.75) is 25.9 Å². The molecule has 84 valence electrons. The van der Waals surface area contributed by atoms with Crippen molar-refractivity contribution in [3.8, 4) is 0 Å². The molecule has 1 fully saturated rings. The highest BCUT2D eigenvalue weighted by molar-refractivity contribution is 7.89. The molecule has 1 heterocycles. The molecule has 0 amide bonds. The summed E-state index contributed by atoms with van der Waals surface area (Å²) < 4.78 is 29.8. The summed E-state index contributed by atoms with van der Waals surface area (Å²) in [5, 5.41) is 0. The average molecular weight is 222 g/mol. The molecule has 0 saturated carbocycles. The van der Waals surface area contributed by atoms with Gasteiger partial charge in [0.15, 0.2) is 0 Å². The van der Waals surface area contributed by atoms with Crippen LogP contribution in [-0.2, 0) is 14.8 Å². The van der Waals surface area contributed by atoms with Crippen LogP contribution in [0.5, 0.6) is 0 Å². The fourth-order valence-electron chi connectivity index (χ4n) is 1.54. The first-order valence-corrected chi connectivity index (χ1v) is 6.51.